The maximum Gasteiger partial charge on any atom is 2.00 e. The largest absolute Gasteiger partial charge is 2.00 e. The predicted octanol–water partition coefficient (Wildman–Crippen LogP) is -2.83. The Morgan fingerprint density at radius 1 is 1.14 bits per heavy atom. The summed E-state index contributed by atoms with van der Waals surface area (Å²) in [6.07, 6.45) is 0. The van der Waals surface area contributed by atoms with Gasteiger partial charge >= 0.3 is 23.9 Å². The summed E-state index contributed by atoms with van der Waals surface area (Å²) < 4.78 is 8.55. The van der Waals surface area contributed by atoms with Gasteiger partial charge in [0, 0.05) is 0 Å². The number of quaternary nitrogens is 1. The predicted molar refractivity (Wildman–Crippen MR) is 19.3 cm³/mol. The van der Waals surface area contributed by atoms with Crippen LogP contribution >= 0.6 is 7.82 Å². The molecule has 0 atom stereocenters. The van der Waals surface area contributed by atoms with Crippen molar-refractivity contribution in [3.8, 4) is 0 Å². The Labute approximate surface area is 57.5 Å². The molecule has 7 heteroatoms. The first-order valence-electron chi connectivity index (χ1n) is 0.730. The van der Waals surface area contributed by atoms with Gasteiger partial charge in [-0.3, -0.25) is 0 Å². The van der Waals surface area contributed by atoms with Gasteiger partial charge in [-0.2, -0.15) is 7.82 Å². The van der Waals surface area contributed by atoms with Crippen molar-refractivity contribution in [1.29, 1.82) is 0 Å². The second-order valence-corrected chi connectivity index (χ2v) is 1.34. The van der Waals surface area contributed by atoms with E-state index >= 15 is 0 Å². The number of rotatable bonds is 0. The Morgan fingerprint density at radius 2 is 1.14 bits per heavy atom. The van der Waals surface area contributed by atoms with Gasteiger partial charge in [-0.05, 0) is 0 Å². The second-order valence-electron chi connectivity index (χ2n) is 0.447. The summed E-state index contributed by atoms with van der Waals surface area (Å²) >= 11 is 0. The van der Waals surface area contributed by atoms with Crippen molar-refractivity contribution in [2.75, 3.05) is 0 Å². The first-order valence-corrected chi connectivity index (χ1v) is 2.19. The van der Waals surface area contributed by atoms with Gasteiger partial charge in [-0.15, -0.1) is 0 Å². The van der Waals surface area contributed by atoms with E-state index in [9.17, 15) is 0 Å². The van der Waals surface area contributed by atoms with E-state index in [1.165, 1.54) is 0 Å². The Morgan fingerprint density at radius 3 is 1.14 bits per heavy atom. The monoisotopic (exact) mass is 233 g/mol. The zero-order valence-corrected chi connectivity index (χ0v) is 7.33. The molecule has 42 valence electrons. The minimum absolute atomic E-state index is 0. The van der Waals surface area contributed by atoms with Gasteiger partial charge in [0.25, 0.3) is 0 Å². The van der Waals surface area contributed by atoms with Gasteiger partial charge in [-0.25, -0.2) is 0 Å². The summed E-state index contributed by atoms with van der Waals surface area (Å²) in [5, 5.41) is 0. The molecule has 7 heavy (non-hydrogen) atoms. The van der Waals surface area contributed by atoms with Gasteiger partial charge in [0.1, 0.15) is 0 Å². The molecule has 0 aliphatic carbocycles. The molecule has 0 rings (SSSR count). The van der Waals surface area contributed by atoms with E-state index < -0.39 is 7.82 Å². The summed E-state index contributed by atoms with van der Waals surface area (Å²) in [6.45, 7) is 0. The van der Waals surface area contributed by atoms with Crippen LogP contribution in [0, 0.1) is 0 Å². The molecular formula is H4NO4PSn. The molecule has 0 aromatic heterocycles. The van der Waals surface area contributed by atoms with Gasteiger partial charge in [-0.1, -0.05) is 0 Å². The van der Waals surface area contributed by atoms with E-state index in [1.54, 1.807) is 0 Å². The summed E-state index contributed by atoms with van der Waals surface area (Å²) in [4.78, 5) is 25.6. The molecule has 0 amide bonds. The Kier molecular flexibility index (Phi) is 11.2. The van der Waals surface area contributed by atoms with Crippen LogP contribution in [0.1, 0.15) is 0 Å². The Balaban J connectivity index is -0.0000000800. The quantitative estimate of drug-likeness (QED) is 0.357. The molecule has 0 saturated carbocycles. The molecule has 2 radical (unpaired) electrons. The topological polar surface area (TPSA) is 123 Å². The van der Waals surface area contributed by atoms with Crippen LogP contribution < -0.4 is 20.8 Å². The normalized spacial score (nSPS) is 8.43. The minimum atomic E-state index is -5.39. The van der Waals surface area contributed by atoms with E-state index in [2.05, 4.69) is 0 Å². The van der Waals surface area contributed by atoms with E-state index in [1.807, 2.05) is 0 Å². The fraction of sp³-hybridized carbons (Fsp3) is 0. The van der Waals surface area contributed by atoms with Gasteiger partial charge in [0.05, 0.1) is 0 Å². The van der Waals surface area contributed by atoms with Crippen LogP contribution in [0.15, 0.2) is 0 Å². The average Bonchev–Trinajstić information content (AvgIpc) is 0.722. The van der Waals surface area contributed by atoms with Crippen molar-refractivity contribution >= 4 is 31.7 Å². The average molecular weight is 232 g/mol. The van der Waals surface area contributed by atoms with Crippen molar-refractivity contribution in [2.45, 2.75) is 0 Å². The number of hydrogen-bond donors (Lipinski definition) is 1. The smallest absolute Gasteiger partial charge is 0.822 e. The van der Waals surface area contributed by atoms with E-state index in [4.69, 9.17) is 19.2 Å². The molecule has 0 heterocycles. The molecule has 5 nitrogen and oxygen atoms in total. The van der Waals surface area contributed by atoms with Crippen molar-refractivity contribution in [3.05, 3.63) is 0 Å². The molecule has 0 aliphatic rings. The van der Waals surface area contributed by atoms with Crippen LogP contribution in [0.2, 0.25) is 0 Å². The Bertz CT molecular complexity index is 57.8. The van der Waals surface area contributed by atoms with Crippen LogP contribution in [0.4, 0.5) is 0 Å². The van der Waals surface area contributed by atoms with Crippen LogP contribution in [0.25, 0.3) is 0 Å². The SMILES string of the molecule is O=P([O-])([O-])[O-].[NH4+].[Sn+2]. The van der Waals surface area contributed by atoms with Crippen molar-refractivity contribution < 1.29 is 19.2 Å². The summed E-state index contributed by atoms with van der Waals surface area (Å²) in [5.41, 5.74) is 0. The van der Waals surface area contributed by atoms with Crippen molar-refractivity contribution in [1.82, 2.24) is 6.15 Å². The first kappa shape index (κ1) is 15.7. The summed E-state index contributed by atoms with van der Waals surface area (Å²) in [7, 11) is -5.39. The maximum absolute atomic E-state index is 8.55. The van der Waals surface area contributed by atoms with Gasteiger partial charge in [0.15, 0.2) is 0 Å². The van der Waals surface area contributed by atoms with E-state index in [-0.39, 0.29) is 30.1 Å². The fourth-order valence-corrected chi connectivity index (χ4v) is 0. The van der Waals surface area contributed by atoms with Gasteiger partial charge in [0.2, 0.25) is 0 Å². The molecule has 0 aliphatic heterocycles. The fourth-order valence-electron chi connectivity index (χ4n) is 0. The molecule has 0 unspecified atom stereocenters. The molecule has 0 aromatic rings. The van der Waals surface area contributed by atoms with Gasteiger partial charge < -0.3 is 25.4 Å². The molecular weight excluding hydrogens is 228 g/mol. The minimum Gasteiger partial charge on any atom is -0.822 e. The Hall–Kier alpha value is 0.869. The third-order valence-corrected chi connectivity index (χ3v) is 0. The van der Waals surface area contributed by atoms with Crippen LogP contribution in [-0.2, 0) is 4.57 Å². The molecule has 0 bridgehead atoms. The second kappa shape index (κ2) is 5.01. The third kappa shape index (κ3) is 216. The summed E-state index contributed by atoms with van der Waals surface area (Å²) in [5.74, 6) is 0. The van der Waals surface area contributed by atoms with Crippen molar-refractivity contribution in [2.24, 2.45) is 0 Å². The van der Waals surface area contributed by atoms with E-state index in [0.29, 0.717) is 0 Å². The molecule has 0 fully saturated rings. The van der Waals surface area contributed by atoms with Crippen molar-refractivity contribution in [3.63, 3.8) is 0 Å². The third-order valence-electron chi connectivity index (χ3n) is 0. The van der Waals surface area contributed by atoms with E-state index in [0.717, 1.165) is 0 Å². The maximum atomic E-state index is 8.55. The van der Waals surface area contributed by atoms with Crippen LogP contribution in [-0.4, -0.2) is 23.9 Å². The van der Waals surface area contributed by atoms with Crippen LogP contribution in [0.3, 0.4) is 0 Å². The zero-order chi connectivity index (χ0) is 4.50. The molecule has 0 aromatic carbocycles. The first-order chi connectivity index (χ1) is 2.00. The zero-order valence-electron chi connectivity index (χ0n) is 3.58. The summed E-state index contributed by atoms with van der Waals surface area (Å²) in [6, 6.07) is 0. The van der Waals surface area contributed by atoms with Crippen LogP contribution in [0.5, 0.6) is 0 Å². The standard InChI is InChI=1S/H3N.H3O4P.Sn/c;1-5(2,3)4;/h1H3;(H3,1,2,3,4);/q;;+2/p-2. The molecule has 0 saturated heterocycles. The molecule has 4 N–H and O–H groups in total. The number of hydrogen-bond acceptors (Lipinski definition) is 4. The number of phosphoric acid groups is 1. The molecule has 0 spiro atoms.